The van der Waals surface area contributed by atoms with Crippen LogP contribution in [0.25, 0.3) is 21.3 Å². The van der Waals surface area contributed by atoms with E-state index in [0.717, 1.165) is 35.1 Å². The van der Waals surface area contributed by atoms with Crippen molar-refractivity contribution in [1.29, 1.82) is 0 Å². The van der Waals surface area contributed by atoms with Crippen LogP contribution in [0, 0.1) is 0 Å². The molecule has 0 spiro atoms. The predicted molar refractivity (Wildman–Crippen MR) is 132 cm³/mol. The number of hydrogen-bond acceptors (Lipinski definition) is 5. The van der Waals surface area contributed by atoms with Crippen molar-refractivity contribution in [1.82, 2.24) is 9.29 Å². The van der Waals surface area contributed by atoms with Crippen molar-refractivity contribution >= 4 is 42.6 Å². The number of carbonyl (C=O) groups is 1. The van der Waals surface area contributed by atoms with Crippen LogP contribution in [-0.4, -0.2) is 36.7 Å². The van der Waals surface area contributed by atoms with Crippen LogP contribution >= 0.6 is 11.3 Å². The molecule has 1 aromatic heterocycles. The highest BCUT2D eigenvalue weighted by Gasteiger charge is 2.26. The van der Waals surface area contributed by atoms with Gasteiger partial charge in [-0.05, 0) is 54.3 Å². The fourth-order valence-electron chi connectivity index (χ4n) is 3.99. The Morgan fingerprint density at radius 1 is 0.879 bits per heavy atom. The minimum atomic E-state index is -3.51. The molecule has 8 heteroatoms. The number of hydrogen-bond donors (Lipinski definition) is 1. The van der Waals surface area contributed by atoms with Gasteiger partial charge in [-0.15, -0.1) is 0 Å². The number of sulfonamides is 1. The van der Waals surface area contributed by atoms with Gasteiger partial charge in [-0.25, -0.2) is 13.4 Å². The van der Waals surface area contributed by atoms with Crippen molar-refractivity contribution < 1.29 is 13.2 Å². The standard InChI is InChI=1S/C25H23N3O3S2/c29-24(20-11-9-19(10-12-20)18-7-3-1-4-8-18)27-25-26-22-14-13-21(17-23(22)32-25)33(30,31)28-15-5-2-6-16-28/h1,3-4,7-14,17H,2,5-6,15-16H2,(H,26,27,29). The van der Waals surface area contributed by atoms with Crippen LogP contribution in [0.1, 0.15) is 29.6 Å². The van der Waals surface area contributed by atoms with Crippen molar-refractivity contribution in [2.24, 2.45) is 0 Å². The maximum atomic E-state index is 13.0. The Bertz CT molecular complexity index is 1390. The summed E-state index contributed by atoms with van der Waals surface area (Å²) in [5.74, 6) is -0.255. The van der Waals surface area contributed by atoms with E-state index in [4.69, 9.17) is 0 Å². The van der Waals surface area contributed by atoms with E-state index in [-0.39, 0.29) is 10.8 Å². The van der Waals surface area contributed by atoms with E-state index < -0.39 is 10.0 Å². The molecular formula is C25H23N3O3S2. The summed E-state index contributed by atoms with van der Waals surface area (Å²) in [4.78, 5) is 17.5. The van der Waals surface area contributed by atoms with E-state index in [2.05, 4.69) is 10.3 Å². The molecule has 0 radical (unpaired) electrons. The summed E-state index contributed by atoms with van der Waals surface area (Å²) in [5.41, 5.74) is 3.31. The number of rotatable bonds is 5. The minimum absolute atomic E-state index is 0.255. The molecule has 1 saturated heterocycles. The molecule has 5 rings (SSSR count). The van der Waals surface area contributed by atoms with Crippen LogP contribution in [0.5, 0.6) is 0 Å². The average molecular weight is 478 g/mol. The lowest BCUT2D eigenvalue weighted by molar-refractivity contribution is 0.102. The number of carbonyl (C=O) groups excluding carboxylic acids is 1. The van der Waals surface area contributed by atoms with Crippen LogP contribution < -0.4 is 5.32 Å². The molecule has 1 amide bonds. The highest BCUT2D eigenvalue weighted by atomic mass is 32.2. The molecule has 0 unspecified atom stereocenters. The molecule has 0 saturated carbocycles. The molecule has 2 heterocycles. The number of nitrogens with one attached hydrogen (secondary N) is 1. The molecule has 33 heavy (non-hydrogen) atoms. The van der Waals surface area contributed by atoms with Gasteiger partial charge in [0.25, 0.3) is 5.91 Å². The number of anilines is 1. The topological polar surface area (TPSA) is 79.4 Å². The Labute approximate surface area is 197 Å². The summed E-state index contributed by atoms with van der Waals surface area (Å²) in [5, 5.41) is 3.28. The molecule has 3 aromatic carbocycles. The lowest BCUT2D eigenvalue weighted by Gasteiger charge is -2.25. The zero-order chi connectivity index (χ0) is 22.8. The summed E-state index contributed by atoms with van der Waals surface area (Å²) in [6.45, 7) is 1.13. The normalized spacial score (nSPS) is 14.9. The maximum absolute atomic E-state index is 13.0. The first kappa shape index (κ1) is 21.8. The lowest BCUT2D eigenvalue weighted by atomic mass is 10.0. The average Bonchev–Trinajstić information content (AvgIpc) is 3.26. The second-order valence-electron chi connectivity index (χ2n) is 8.01. The van der Waals surface area contributed by atoms with Gasteiger partial charge in [-0.3, -0.25) is 10.1 Å². The third-order valence-corrected chi connectivity index (χ3v) is 8.62. The smallest absolute Gasteiger partial charge is 0.257 e. The van der Waals surface area contributed by atoms with Crippen LogP contribution in [0.15, 0.2) is 77.7 Å². The molecule has 168 valence electrons. The van der Waals surface area contributed by atoms with Crippen LogP contribution in [0.2, 0.25) is 0 Å². The maximum Gasteiger partial charge on any atom is 0.257 e. The zero-order valence-corrected chi connectivity index (χ0v) is 19.5. The Hall–Kier alpha value is -3.07. The largest absolute Gasteiger partial charge is 0.298 e. The highest BCUT2D eigenvalue weighted by Crippen LogP contribution is 2.30. The Kier molecular flexibility index (Phi) is 5.97. The summed E-state index contributed by atoms with van der Waals surface area (Å²) < 4.78 is 28.2. The summed E-state index contributed by atoms with van der Waals surface area (Å²) in [7, 11) is -3.51. The molecule has 0 bridgehead atoms. The molecule has 1 fully saturated rings. The van der Waals surface area contributed by atoms with Crippen LogP contribution in [0.3, 0.4) is 0 Å². The predicted octanol–water partition coefficient (Wildman–Crippen LogP) is 5.39. The van der Waals surface area contributed by atoms with Crippen molar-refractivity contribution in [3.63, 3.8) is 0 Å². The van der Waals surface area contributed by atoms with Gasteiger partial charge in [0.05, 0.1) is 15.1 Å². The zero-order valence-electron chi connectivity index (χ0n) is 17.9. The van der Waals surface area contributed by atoms with E-state index in [1.165, 1.54) is 11.3 Å². The van der Waals surface area contributed by atoms with Gasteiger partial charge < -0.3 is 0 Å². The SMILES string of the molecule is O=C(Nc1nc2ccc(S(=O)(=O)N3CCCCC3)cc2s1)c1ccc(-c2ccccc2)cc1. The first-order chi connectivity index (χ1) is 16.0. The monoisotopic (exact) mass is 477 g/mol. The number of benzene rings is 3. The van der Waals surface area contributed by atoms with Gasteiger partial charge in [0, 0.05) is 18.7 Å². The van der Waals surface area contributed by atoms with Gasteiger partial charge in [-0.1, -0.05) is 60.2 Å². The van der Waals surface area contributed by atoms with Gasteiger partial charge in [0.2, 0.25) is 10.0 Å². The Morgan fingerprint density at radius 3 is 2.30 bits per heavy atom. The first-order valence-electron chi connectivity index (χ1n) is 10.9. The van der Waals surface area contributed by atoms with E-state index >= 15 is 0 Å². The molecule has 6 nitrogen and oxygen atoms in total. The third kappa shape index (κ3) is 4.55. The summed E-state index contributed by atoms with van der Waals surface area (Å²) >= 11 is 1.27. The molecule has 0 atom stereocenters. The number of fused-ring (bicyclic) bond motifs is 1. The highest BCUT2D eigenvalue weighted by molar-refractivity contribution is 7.89. The third-order valence-electron chi connectivity index (χ3n) is 5.79. The Morgan fingerprint density at radius 2 is 1.58 bits per heavy atom. The second-order valence-corrected chi connectivity index (χ2v) is 11.0. The molecule has 1 aliphatic heterocycles. The fraction of sp³-hybridized carbons (Fsp3) is 0.200. The molecular weight excluding hydrogens is 454 g/mol. The Balaban J connectivity index is 1.33. The van der Waals surface area contributed by atoms with Gasteiger partial charge >= 0.3 is 0 Å². The molecule has 4 aromatic rings. The van der Waals surface area contributed by atoms with E-state index in [9.17, 15) is 13.2 Å². The van der Waals surface area contributed by atoms with Gasteiger partial charge in [-0.2, -0.15) is 4.31 Å². The summed E-state index contributed by atoms with van der Waals surface area (Å²) in [6.07, 6.45) is 2.85. The summed E-state index contributed by atoms with van der Waals surface area (Å²) in [6, 6.07) is 22.3. The molecule has 1 aliphatic rings. The van der Waals surface area contributed by atoms with Gasteiger partial charge in [0.1, 0.15) is 0 Å². The second kappa shape index (κ2) is 9.05. The quantitative estimate of drug-likeness (QED) is 0.418. The molecule has 1 N–H and O–H groups in total. The molecule has 0 aliphatic carbocycles. The minimum Gasteiger partial charge on any atom is -0.298 e. The van der Waals surface area contributed by atoms with Crippen LogP contribution in [0.4, 0.5) is 5.13 Å². The van der Waals surface area contributed by atoms with Crippen molar-refractivity contribution in [2.45, 2.75) is 24.2 Å². The van der Waals surface area contributed by atoms with Crippen molar-refractivity contribution in [3.05, 3.63) is 78.4 Å². The first-order valence-corrected chi connectivity index (χ1v) is 13.1. The number of amides is 1. The van der Waals surface area contributed by atoms with Crippen molar-refractivity contribution in [2.75, 3.05) is 18.4 Å². The fourth-order valence-corrected chi connectivity index (χ4v) is 6.51. The van der Waals surface area contributed by atoms with E-state index in [0.29, 0.717) is 29.3 Å². The number of nitrogens with zero attached hydrogens (tertiary/aromatic N) is 2. The lowest BCUT2D eigenvalue weighted by Crippen LogP contribution is -2.35. The van der Waals surface area contributed by atoms with Crippen LogP contribution in [-0.2, 0) is 10.0 Å². The number of piperidine rings is 1. The van der Waals surface area contributed by atoms with E-state index in [1.807, 2.05) is 42.5 Å². The van der Waals surface area contributed by atoms with Crippen molar-refractivity contribution in [3.8, 4) is 11.1 Å². The van der Waals surface area contributed by atoms with Gasteiger partial charge in [0.15, 0.2) is 5.13 Å². The van der Waals surface area contributed by atoms with E-state index in [1.54, 1.807) is 34.6 Å². The number of thiazole rings is 1. The number of aromatic nitrogens is 1.